The monoisotopic (exact) mass is 1480 g/mol. The fraction of sp³-hybridized carbons (Fsp3) is 0.229. The average molecular weight is 1480 g/mol. The third-order valence-electron chi connectivity index (χ3n) is 16.1. The molecule has 26 heteroatoms. The van der Waals surface area contributed by atoms with E-state index in [1.54, 1.807) is 48.7 Å². The predicted molar refractivity (Wildman–Crippen MR) is 394 cm³/mol. The first-order valence-electron chi connectivity index (χ1n) is 34.6. The minimum absolute atomic E-state index is 0.101. The maximum atomic E-state index is 13.3. The van der Waals surface area contributed by atoms with Gasteiger partial charge in [-0.3, -0.25) is 59.0 Å². The summed E-state index contributed by atoms with van der Waals surface area (Å²) in [5.74, 6) is -3.25. The topological polar surface area (TPSA) is 260 Å². The molecule has 0 amide bonds. The van der Waals surface area contributed by atoms with Crippen LogP contribution in [0.25, 0.3) is 0 Å². The van der Waals surface area contributed by atoms with Crippen molar-refractivity contribution in [2.45, 2.75) is 127 Å². The van der Waals surface area contributed by atoms with Gasteiger partial charge in [0, 0.05) is 155 Å². The number of rotatable bonds is 25. The Labute approximate surface area is 625 Å². The summed E-state index contributed by atoms with van der Waals surface area (Å²) in [5.41, 5.74) is 11.0. The molecule has 0 aliphatic rings. The van der Waals surface area contributed by atoms with Crippen molar-refractivity contribution in [3.8, 4) is 46.0 Å². The molecule has 12 heterocycles. The Morgan fingerprint density at radius 1 is 0.330 bits per heavy atom. The highest BCUT2D eigenvalue weighted by Crippen LogP contribution is 2.30. The number of aryl methyl sites for hydroxylation is 9. The Hall–Kier alpha value is -12.7. The number of carbonyl (C=O) groups excluding carboxylic acids is 4. The number of halogens is 6. The third kappa shape index (κ3) is 24.7. The second kappa shape index (κ2) is 38.0. The van der Waals surface area contributed by atoms with Crippen LogP contribution in [0.5, 0.6) is 46.0 Å². The van der Waals surface area contributed by atoms with Crippen LogP contribution in [0.2, 0.25) is 0 Å². The number of hydrogen-bond donors (Lipinski definition) is 0. The molecule has 0 unspecified atom stereocenters. The average Bonchev–Trinajstić information content (AvgIpc) is 0.843. The van der Waals surface area contributed by atoms with Crippen molar-refractivity contribution >= 4 is 23.1 Å². The zero-order chi connectivity index (χ0) is 78.3. The van der Waals surface area contributed by atoms with E-state index in [9.17, 15) is 45.5 Å². The number of pyridine rings is 12. The van der Waals surface area contributed by atoms with Gasteiger partial charge in [-0.05, 0) is 113 Å². The summed E-state index contributed by atoms with van der Waals surface area (Å²) in [6.07, 6.45) is 15.6. The zero-order valence-electron chi connectivity index (χ0n) is 61.4. The number of ether oxygens (including phenoxy) is 4. The van der Waals surface area contributed by atoms with E-state index < -0.39 is 29.2 Å². The molecule has 0 aliphatic carbocycles. The van der Waals surface area contributed by atoms with Gasteiger partial charge in [0.2, 0.25) is 0 Å². The number of aromatic nitrogens is 12. The van der Waals surface area contributed by atoms with Gasteiger partial charge in [0.25, 0.3) is 5.92 Å². The Bertz CT molecular complexity index is 5060. The van der Waals surface area contributed by atoms with Crippen molar-refractivity contribution in [3.63, 3.8) is 0 Å². The second-order valence-electron chi connectivity index (χ2n) is 25.0. The maximum absolute atomic E-state index is 13.3. The van der Waals surface area contributed by atoms with Crippen molar-refractivity contribution in [1.29, 1.82) is 0 Å². The molecule has 0 aromatic carbocycles. The first-order valence-corrected chi connectivity index (χ1v) is 34.6. The van der Waals surface area contributed by atoms with Gasteiger partial charge in [-0.15, -0.1) is 0 Å². The number of alkyl halides is 2. The van der Waals surface area contributed by atoms with Gasteiger partial charge in [0.15, 0.2) is 23.1 Å². The van der Waals surface area contributed by atoms with Crippen LogP contribution in [0.15, 0.2) is 183 Å². The van der Waals surface area contributed by atoms with E-state index in [1.807, 2.05) is 98.7 Å². The Morgan fingerprint density at radius 2 is 0.679 bits per heavy atom. The number of hydrogen-bond acceptors (Lipinski definition) is 20. The van der Waals surface area contributed by atoms with Crippen molar-refractivity contribution in [2.24, 2.45) is 0 Å². The van der Waals surface area contributed by atoms with Crippen LogP contribution < -0.4 is 18.9 Å². The van der Waals surface area contributed by atoms with Gasteiger partial charge < -0.3 is 18.9 Å². The third-order valence-corrected chi connectivity index (χ3v) is 16.1. The molecule has 12 aromatic rings. The summed E-state index contributed by atoms with van der Waals surface area (Å²) >= 11 is 0. The lowest BCUT2D eigenvalue weighted by Crippen LogP contribution is -2.11. The zero-order valence-corrected chi connectivity index (χ0v) is 61.4. The molecule has 0 spiro atoms. The van der Waals surface area contributed by atoms with Crippen LogP contribution >= 0.6 is 0 Å². The van der Waals surface area contributed by atoms with E-state index in [2.05, 4.69) is 59.8 Å². The van der Waals surface area contributed by atoms with Crippen LogP contribution in [0.1, 0.15) is 156 Å². The van der Waals surface area contributed by atoms with Gasteiger partial charge in [-0.1, -0.05) is 39.8 Å². The molecule has 0 atom stereocenters. The number of carbonyl (C=O) groups is 4. The lowest BCUT2D eigenvalue weighted by atomic mass is 10.1. The van der Waals surface area contributed by atoms with Crippen LogP contribution in [0.4, 0.5) is 26.3 Å². The van der Waals surface area contributed by atoms with Gasteiger partial charge in [-0.25, -0.2) is 46.3 Å². The van der Waals surface area contributed by atoms with E-state index in [0.29, 0.717) is 111 Å². The first kappa shape index (κ1) is 80.4. The fourth-order valence-corrected chi connectivity index (χ4v) is 10.2. The van der Waals surface area contributed by atoms with E-state index in [4.69, 9.17) is 18.9 Å². The Balaban J connectivity index is 0.000000168. The summed E-state index contributed by atoms with van der Waals surface area (Å²) in [7, 11) is 0. The molecule has 0 fully saturated rings. The van der Waals surface area contributed by atoms with Crippen LogP contribution in [0.3, 0.4) is 0 Å². The number of Topliss-reactive ketones (excluding diaryl/α,β-unsaturated/α-hetero) is 4. The fourth-order valence-electron chi connectivity index (χ4n) is 10.2. The summed E-state index contributed by atoms with van der Waals surface area (Å²) in [6, 6.07) is 31.8. The van der Waals surface area contributed by atoms with Crippen molar-refractivity contribution in [2.75, 3.05) is 0 Å². The molecular weight excluding hydrogens is 1410 g/mol. The highest BCUT2D eigenvalue weighted by atomic mass is 19.3. The summed E-state index contributed by atoms with van der Waals surface area (Å²) in [4.78, 5) is 100. The largest absolute Gasteiger partial charge is 0.455 e. The minimum Gasteiger partial charge on any atom is -0.455 e. The smallest absolute Gasteiger partial charge is 0.272 e. The van der Waals surface area contributed by atoms with Gasteiger partial charge in [0.1, 0.15) is 92.0 Å². The molecule has 0 saturated heterocycles. The van der Waals surface area contributed by atoms with Crippen molar-refractivity contribution in [1.82, 2.24) is 59.8 Å². The SMILES string of the molecule is CCc1cc(Oc2cncc(F)c2)cc(C(=O)Cc2cc(C)c(C)cn2)n1.CCc1cc(Oc2cncc(F)c2)cc(C(=O)Cc2ccc(C(C)(F)F)cn2)n1.CCc1cc(Oc2cncc(F)c2)cc(C(=O)Cc2ccc(C)c(C)n2)n1.CCc1cc(Oc2cncc(F)c2)cc(C(=O)Cc2cccc(C)n2)n1. The molecule has 0 bridgehead atoms. The summed E-state index contributed by atoms with van der Waals surface area (Å²) < 4.78 is 102. The van der Waals surface area contributed by atoms with Crippen LogP contribution in [-0.2, 0) is 57.3 Å². The molecule has 0 radical (unpaired) electrons. The quantitative estimate of drug-likeness (QED) is 0.0380. The molecule has 20 nitrogen and oxygen atoms in total. The standard InChI is InChI=1S/C21H18F3N3O2.2C21H20FN3O2.C20H18FN3O2/c1-3-15-7-17(29-18-6-14(22)11-25-12-18)9-19(27-15)20(28)8-16-5-4-13(10-26-16)21(2,23)24;1-4-16-7-18(27-19-6-15(22)11-23-12-19)9-20(25-16)21(26)8-17-5-13(2)14(3)10-24-17;1-4-16-8-18(27-19-7-15(22)11-23-12-19)10-20(25-16)21(26)9-17-6-5-13(2)14(3)24-17;1-3-15-8-17(26-18-7-14(21)11-22-12-18)10-19(24-15)20(25)9-16-6-4-5-13(2)23-16/h4-7,9-12H,3,8H2,1-2H3;5-7,9-12H,4,8H2,1-3H3;5-8,10-12H,4,9H2,1-3H3;4-8,10-12H,3,9H2,1-2H3. The molecular formula is C83H76F6N12O8. The molecule has 0 N–H and O–H groups in total. The second-order valence-corrected chi connectivity index (χ2v) is 25.0. The van der Waals surface area contributed by atoms with Gasteiger partial charge in [0.05, 0.1) is 75.3 Å². The lowest BCUT2D eigenvalue weighted by Gasteiger charge is -2.11. The highest BCUT2D eigenvalue weighted by Gasteiger charge is 2.25. The minimum atomic E-state index is -3.00. The number of nitrogens with zero attached hydrogens (tertiary/aromatic N) is 12. The van der Waals surface area contributed by atoms with Gasteiger partial charge in [-0.2, -0.15) is 0 Å². The van der Waals surface area contributed by atoms with Crippen LogP contribution in [-0.4, -0.2) is 82.9 Å². The normalized spacial score (nSPS) is 10.8. The van der Waals surface area contributed by atoms with E-state index >= 15 is 0 Å². The van der Waals surface area contributed by atoms with E-state index in [-0.39, 0.29) is 83.1 Å². The van der Waals surface area contributed by atoms with Crippen molar-refractivity contribution in [3.05, 3.63) is 309 Å². The molecule has 109 heavy (non-hydrogen) atoms. The van der Waals surface area contributed by atoms with E-state index in [1.165, 1.54) is 67.3 Å². The molecule has 12 aromatic heterocycles. The van der Waals surface area contributed by atoms with E-state index in [0.717, 1.165) is 66.0 Å². The Kier molecular flexibility index (Phi) is 28.0. The molecule has 558 valence electrons. The van der Waals surface area contributed by atoms with Crippen LogP contribution in [0, 0.1) is 57.9 Å². The lowest BCUT2D eigenvalue weighted by molar-refractivity contribution is 0.0170. The summed E-state index contributed by atoms with van der Waals surface area (Å²) in [5, 5.41) is 0. The molecule has 0 saturated carbocycles. The molecule has 12 rings (SSSR count). The first-order chi connectivity index (χ1) is 52.1. The highest BCUT2D eigenvalue weighted by molar-refractivity contribution is 5.97. The summed E-state index contributed by atoms with van der Waals surface area (Å²) in [6.45, 7) is 18.2. The van der Waals surface area contributed by atoms with Gasteiger partial charge >= 0.3 is 0 Å². The predicted octanol–water partition coefficient (Wildman–Crippen LogP) is 17.8. The Morgan fingerprint density at radius 3 is 1.00 bits per heavy atom. The molecule has 0 aliphatic heterocycles. The maximum Gasteiger partial charge on any atom is 0.272 e. The van der Waals surface area contributed by atoms with Crippen molar-refractivity contribution < 1.29 is 64.5 Å². The number of ketones is 4.